The summed E-state index contributed by atoms with van der Waals surface area (Å²) in [5.74, 6) is 0. The van der Waals surface area contributed by atoms with Crippen molar-refractivity contribution in [2.75, 3.05) is 0 Å². The van der Waals surface area contributed by atoms with Gasteiger partial charge in [-0.25, -0.2) is 0 Å². The third-order valence-electron chi connectivity index (χ3n) is 3.33. The fourth-order valence-corrected chi connectivity index (χ4v) is 2.20. The number of rotatable bonds is 2. The van der Waals surface area contributed by atoms with Crippen LogP contribution in [-0.4, -0.2) is 0 Å². The van der Waals surface area contributed by atoms with Gasteiger partial charge in [0.1, 0.15) is 0 Å². The minimum atomic E-state index is 1.09. The Morgan fingerprint density at radius 3 is 2.28 bits per heavy atom. The van der Waals surface area contributed by atoms with Gasteiger partial charge >= 0.3 is 0 Å². The molecule has 2 aromatic carbocycles. The van der Waals surface area contributed by atoms with Crippen LogP contribution in [0.25, 0.3) is 16.5 Å². The molecular formula is C17H16N+. The van der Waals surface area contributed by atoms with Crippen LogP contribution in [0.1, 0.15) is 12.5 Å². The van der Waals surface area contributed by atoms with Crippen molar-refractivity contribution in [3.05, 3.63) is 72.6 Å². The molecule has 0 unspecified atom stereocenters. The highest BCUT2D eigenvalue weighted by molar-refractivity contribution is 5.80. The summed E-state index contributed by atoms with van der Waals surface area (Å²) in [5, 5.41) is 2.54. The molecule has 1 aromatic heterocycles. The van der Waals surface area contributed by atoms with E-state index in [2.05, 4.69) is 78.5 Å². The maximum Gasteiger partial charge on any atom is 0.210 e. The normalized spacial score (nSPS) is 10.7. The first kappa shape index (κ1) is 11.0. The fourth-order valence-electron chi connectivity index (χ4n) is 2.20. The Morgan fingerprint density at radius 2 is 1.56 bits per heavy atom. The molecule has 1 nitrogen and oxygen atoms in total. The summed E-state index contributed by atoms with van der Waals surface area (Å²) in [7, 11) is 0. The fraction of sp³-hybridized carbons (Fsp3) is 0.118. The van der Waals surface area contributed by atoms with Gasteiger partial charge in [-0.1, -0.05) is 37.3 Å². The number of benzene rings is 2. The summed E-state index contributed by atoms with van der Waals surface area (Å²) in [6, 6.07) is 19.3. The summed E-state index contributed by atoms with van der Waals surface area (Å²) in [6.07, 6.45) is 5.38. The Labute approximate surface area is 107 Å². The van der Waals surface area contributed by atoms with E-state index in [0.717, 1.165) is 6.42 Å². The van der Waals surface area contributed by atoms with Crippen LogP contribution in [0.3, 0.4) is 0 Å². The van der Waals surface area contributed by atoms with Crippen LogP contribution in [0.4, 0.5) is 0 Å². The van der Waals surface area contributed by atoms with E-state index < -0.39 is 0 Å². The number of aromatic nitrogens is 1. The molecule has 18 heavy (non-hydrogen) atoms. The summed E-state index contributed by atoms with van der Waals surface area (Å²) < 4.78 is 2.17. The van der Waals surface area contributed by atoms with Crippen molar-refractivity contribution in [1.82, 2.24) is 0 Å². The largest absolute Gasteiger partial charge is 0.210 e. The predicted octanol–water partition coefficient (Wildman–Crippen LogP) is 3.68. The van der Waals surface area contributed by atoms with Crippen LogP contribution in [0.15, 0.2) is 67.0 Å². The van der Waals surface area contributed by atoms with Crippen molar-refractivity contribution in [2.45, 2.75) is 13.3 Å². The van der Waals surface area contributed by atoms with Crippen LogP contribution in [-0.2, 0) is 6.42 Å². The first-order chi connectivity index (χ1) is 8.86. The van der Waals surface area contributed by atoms with Gasteiger partial charge in [-0.3, -0.25) is 0 Å². The van der Waals surface area contributed by atoms with Crippen molar-refractivity contribution in [1.29, 1.82) is 0 Å². The van der Waals surface area contributed by atoms with Crippen molar-refractivity contribution >= 4 is 10.8 Å². The highest BCUT2D eigenvalue weighted by Crippen LogP contribution is 2.11. The van der Waals surface area contributed by atoms with Gasteiger partial charge in [0, 0.05) is 23.6 Å². The van der Waals surface area contributed by atoms with Gasteiger partial charge in [-0.05, 0) is 23.4 Å². The van der Waals surface area contributed by atoms with Crippen LogP contribution in [0.2, 0.25) is 0 Å². The van der Waals surface area contributed by atoms with E-state index in [9.17, 15) is 0 Å². The van der Waals surface area contributed by atoms with Crippen LogP contribution in [0.5, 0.6) is 0 Å². The van der Waals surface area contributed by atoms with Gasteiger partial charge in [-0.15, -0.1) is 0 Å². The van der Waals surface area contributed by atoms with Gasteiger partial charge < -0.3 is 0 Å². The lowest BCUT2D eigenvalue weighted by Crippen LogP contribution is -2.29. The van der Waals surface area contributed by atoms with E-state index in [1.807, 2.05) is 0 Å². The Hall–Kier alpha value is -2.15. The first-order valence-corrected chi connectivity index (χ1v) is 6.36. The standard InChI is InChI=1S/C17H16N/c1-2-14-7-9-17(10-8-14)18-12-11-15-5-3-4-6-16(15)13-18/h3-13H,2H2,1H3/q+1. The van der Waals surface area contributed by atoms with Crippen molar-refractivity contribution in [3.8, 4) is 5.69 Å². The van der Waals surface area contributed by atoms with E-state index in [4.69, 9.17) is 0 Å². The van der Waals surface area contributed by atoms with Gasteiger partial charge in [0.05, 0.1) is 0 Å². The average Bonchev–Trinajstić information content (AvgIpc) is 2.47. The molecule has 0 fully saturated rings. The number of aryl methyl sites for hydroxylation is 1. The molecule has 0 aliphatic heterocycles. The molecule has 0 amide bonds. The van der Waals surface area contributed by atoms with Crippen LogP contribution < -0.4 is 4.57 Å². The zero-order valence-corrected chi connectivity index (χ0v) is 10.5. The molecule has 0 atom stereocenters. The minimum Gasteiger partial charge on any atom is -0.167 e. The predicted molar refractivity (Wildman–Crippen MR) is 74.9 cm³/mol. The molecule has 1 heteroatoms. The summed E-state index contributed by atoms with van der Waals surface area (Å²) in [4.78, 5) is 0. The van der Waals surface area contributed by atoms with E-state index in [0.29, 0.717) is 0 Å². The maximum atomic E-state index is 2.19. The molecule has 0 aliphatic rings. The quantitative estimate of drug-likeness (QED) is 0.595. The lowest BCUT2D eigenvalue weighted by Gasteiger charge is -2.00. The molecular weight excluding hydrogens is 218 g/mol. The second-order valence-electron chi connectivity index (χ2n) is 4.50. The average molecular weight is 234 g/mol. The Balaban J connectivity index is 2.07. The third kappa shape index (κ3) is 2.00. The molecule has 0 radical (unpaired) electrons. The Kier molecular flexibility index (Phi) is 2.81. The molecule has 1 heterocycles. The zero-order chi connectivity index (χ0) is 12.4. The highest BCUT2D eigenvalue weighted by Gasteiger charge is 2.06. The molecule has 0 aliphatic carbocycles. The van der Waals surface area contributed by atoms with E-state index in [1.54, 1.807) is 0 Å². The Bertz CT molecular complexity index is 669. The minimum absolute atomic E-state index is 1.09. The number of fused-ring (bicyclic) bond motifs is 1. The molecule has 0 saturated heterocycles. The zero-order valence-electron chi connectivity index (χ0n) is 10.5. The van der Waals surface area contributed by atoms with Gasteiger partial charge in [0.25, 0.3) is 0 Å². The highest BCUT2D eigenvalue weighted by atomic mass is 14.9. The number of hydrogen-bond donors (Lipinski definition) is 0. The van der Waals surface area contributed by atoms with Crippen molar-refractivity contribution in [3.63, 3.8) is 0 Å². The van der Waals surface area contributed by atoms with Crippen molar-refractivity contribution < 1.29 is 4.57 Å². The Morgan fingerprint density at radius 1 is 0.833 bits per heavy atom. The van der Waals surface area contributed by atoms with Gasteiger partial charge in [0.15, 0.2) is 12.4 Å². The molecule has 0 N–H and O–H groups in total. The summed E-state index contributed by atoms with van der Waals surface area (Å²) in [5.41, 5.74) is 2.58. The molecule has 3 rings (SSSR count). The SMILES string of the molecule is CCc1ccc(-[n+]2ccc3ccccc3c2)cc1. The van der Waals surface area contributed by atoms with Crippen molar-refractivity contribution in [2.24, 2.45) is 0 Å². The molecule has 3 aromatic rings. The lowest BCUT2D eigenvalue weighted by atomic mass is 10.1. The maximum absolute atomic E-state index is 2.19. The molecule has 0 bridgehead atoms. The summed E-state index contributed by atoms with van der Waals surface area (Å²) >= 11 is 0. The lowest BCUT2D eigenvalue weighted by molar-refractivity contribution is -0.594. The number of hydrogen-bond acceptors (Lipinski definition) is 0. The van der Waals surface area contributed by atoms with Gasteiger partial charge in [0.2, 0.25) is 5.69 Å². The third-order valence-corrected chi connectivity index (χ3v) is 3.33. The van der Waals surface area contributed by atoms with E-state index >= 15 is 0 Å². The van der Waals surface area contributed by atoms with Crippen LogP contribution in [0, 0.1) is 0 Å². The second kappa shape index (κ2) is 4.61. The molecule has 0 spiro atoms. The molecule has 0 saturated carbocycles. The number of nitrogens with zero attached hydrogens (tertiary/aromatic N) is 1. The second-order valence-corrected chi connectivity index (χ2v) is 4.50. The van der Waals surface area contributed by atoms with Crippen LogP contribution >= 0.6 is 0 Å². The smallest absolute Gasteiger partial charge is 0.167 e. The summed E-state index contributed by atoms with van der Waals surface area (Å²) in [6.45, 7) is 2.18. The topological polar surface area (TPSA) is 3.88 Å². The molecule has 88 valence electrons. The van der Waals surface area contributed by atoms with Gasteiger partial charge in [-0.2, -0.15) is 4.57 Å². The van der Waals surface area contributed by atoms with E-state index in [1.165, 1.54) is 22.0 Å². The first-order valence-electron chi connectivity index (χ1n) is 6.36. The van der Waals surface area contributed by atoms with E-state index in [-0.39, 0.29) is 0 Å². The monoisotopic (exact) mass is 234 g/mol. The number of pyridine rings is 1.